The molecule has 2 aromatic heterocycles. The molecular formula is C13H20N6S. The number of hydrogen-bond acceptors (Lipinski definition) is 3. The molecule has 2 N–H and O–H groups in total. The first-order valence-electron chi connectivity index (χ1n) is 6.60. The fraction of sp³-hybridized carbons (Fsp3) is 0.462. The standard InChI is InChI=1S/C13H20N6S/c1-4-19-9-12(10(2)17-19)7-15-13(20)14-5-11-6-16-18(3)8-11/h6,8-9H,4-5,7H2,1-3H3,(H2,14,15,20). The Balaban J connectivity index is 1.78. The van der Waals surface area contributed by atoms with E-state index in [2.05, 4.69) is 27.8 Å². The lowest BCUT2D eigenvalue weighted by atomic mass is 10.3. The third-order valence-corrected chi connectivity index (χ3v) is 3.31. The molecule has 0 aliphatic heterocycles. The summed E-state index contributed by atoms with van der Waals surface area (Å²) in [5.41, 5.74) is 3.30. The molecule has 0 aliphatic rings. The van der Waals surface area contributed by atoms with Crippen LogP contribution in [0.1, 0.15) is 23.7 Å². The summed E-state index contributed by atoms with van der Waals surface area (Å²) < 4.78 is 3.70. The molecule has 0 atom stereocenters. The third-order valence-electron chi connectivity index (χ3n) is 3.02. The highest BCUT2D eigenvalue weighted by atomic mass is 32.1. The van der Waals surface area contributed by atoms with E-state index in [1.807, 2.05) is 37.2 Å². The van der Waals surface area contributed by atoms with Crippen molar-refractivity contribution in [3.8, 4) is 0 Å². The van der Waals surface area contributed by atoms with Crippen LogP contribution in [0.25, 0.3) is 0 Å². The van der Waals surface area contributed by atoms with Crippen molar-refractivity contribution in [3.05, 3.63) is 35.4 Å². The zero-order chi connectivity index (χ0) is 14.5. The molecule has 0 unspecified atom stereocenters. The second kappa shape index (κ2) is 6.51. The number of aromatic nitrogens is 4. The summed E-state index contributed by atoms with van der Waals surface area (Å²) in [7, 11) is 1.90. The lowest BCUT2D eigenvalue weighted by molar-refractivity contribution is 0.653. The van der Waals surface area contributed by atoms with Crippen molar-refractivity contribution in [2.24, 2.45) is 7.05 Å². The van der Waals surface area contributed by atoms with Gasteiger partial charge in [-0.3, -0.25) is 9.36 Å². The molecule has 0 radical (unpaired) electrons. The number of aryl methyl sites for hydroxylation is 3. The topological polar surface area (TPSA) is 59.7 Å². The van der Waals surface area contributed by atoms with Crippen molar-refractivity contribution >= 4 is 17.3 Å². The SMILES string of the molecule is CCn1cc(CNC(=S)NCc2cnn(C)c2)c(C)n1. The molecule has 7 heteroatoms. The van der Waals surface area contributed by atoms with Crippen molar-refractivity contribution in [2.45, 2.75) is 33.5 Å². The number of thiocarbonyl (C=S) groups is 1. The van der Waals surface area contributed by atoms with Crippen molar-refractivity contribution in [2.75, 3.05) is 0 Å². The summed E-state index contributed by atoms with van der Waals surface area (Å²) in [6.07, 6.45) is 5.84. The second-order valence-electron chi connectivity index (χ2n) is 4.65. The van der Waals surface area contributed by atoms with Gasteiger partial charge in [0.15, 0.2) is 5.11 Å². The molecule has 6 nitrogen and oxygen atoms in total. The van der Waals surface area contributed by atoms with Gasteiger partial charge in [-0.1, -0.05) is 0 Å². The monoisotopic (exact) mass is 292 g/mol. The van der Waals surface area contributed by atoms with Gasteiger partial charge in [-0.25, -0.2) is 0 Å². The lowest BCUT2D eigenvalue weighted by Gasteiger charge is -2.09. The van der Waals surface area contributed by atoms with E-state index >= 15 is 0 Å². The van der Waals surface area contributed by atoms with Gasteiger partial charge in [0, 0.05) is 50.2 Å². The smallest absolute Gasteiger partial charge is 0.166 e. The quantitative estimate of drug-likeness (QED) is 0.809. The largest absolute Gasteiger partial charge is 0.359 e. The summed E-state index contributed by atoms with van der Waals surface area (Å²) in [4.78, 5) is 0. The number of nitrogens with one attached hydrogen (secondary N) is 2. The number of rotatable bonds is 5. The van der Waals surface area contributed by atoms with Crippen LogP contribution in [0.5, 0.6) is 0 Å². The Kier molecular flexibility index (Phi) is 4.73. The van der Waals surface area contributed by atoms with Crippen molar-refractivity contribution < 1.29 is 0 Å². The van der Waals surface area contributed by atoms with E-state index in [1.165, 1.54) is 0 Å². The molecule has 0 amide bonds. The van der Waals surface area contributed by atoms with E-state index in [4.69, 9.17) is 12.2 Å². The Labute approximate surface area is 124 Å². The summed E-state index contributed by atoms with van der Waals surface area (Å²) in [6, 6.07) is 0. The fourth-order valence-electron chi connectivity index (χ4n) is 1.88. The molecular weight excluding hydrogens is 272 g/mol. The molecule has 0 aromatic carbocycles. The van der Waals surface area contributed by atoms with E-state index in [-0.39, 0.29) is 0 Å². The van der Waals surface area contributed by atoms with Crippen molar-refractivity contribution in [1.82, 2.24) is 30.2 Å². The molecule has 0 fully saturated rings. The van der Waals surface area contributed by atoms with Gasteiger partial charge in [-0.05, 0) is 26.1 Å². The minimum atomic E-state index is 0.637. The second-order valence-corrected chi connectivity index (χ2v) is 5.06. The van der Waals surface area contributed by atoms with Crippen LogP contribution in [0.4, 0.5) is 0 Å². The van der Waals surface area contributed by atoms with Gasteiger partial charge in [0.05, 0.1) is 11.9 Å². The first-order chi connectivity index (χ1) is 9.58. The van der Waals surface area contributed by atoms with Gasteiger partial charge in [0.2, 0.25) is 0 Å². The van der Waals surface area contributed by atoms with Crippen LogP contribution < -0.4 is 10.6 Å². The maximum Gasteiger partial charge on any atom is 0.166 e. The number of nitrogens with zero attached hydrogens (tertiary/aromatic N) is 4. The van der Waals surface area contributed by atoms with Crippen LogP contribution in [0, 0.1) is 6.92 Å². The molecule has 0 bridgehead atoms. The number of hydrogen-bond donors (Lipinski definition) is 2. The summed E-state index contributed by atoms with van der Waals surface area (Å²) >= 11 is 5.26. The van der Waals surface area contributed by atoms with Crippen LogP contribution in [0.2, 0.25) is 0 Å². The minimum Gasteiger partial charge on any atom is -0.359 e. The van der Waals surface area contributed by atoms with Gasteiger partial charge >= 0.3 is 0 Å². The first-order valence-corrected chi connectivity index (χ1v) is 7.01. The van der Waals surface area contributed by atoms with E-state index in [1.54, 1.807) is 4.68 Å². The van der Waals surface area contributed by atoms with E-state index in [0.717, 1.165) is 23.4 Å². The molecule has 0 aliphatic carbocycles. The van der Waals surface area contributed by atoms with Crippen LogP contribution in [0.15, 0.2) is 18.6 Å². The van der Waals surface area contributed by atoms with Gasteiger partial charge in [0.1, 0.15) is 0 Å². The zero-order valence-electron chi connectivity index (χ0n) is 12.1. The van der Waals surface area contributed by atoms with Gasteiger partial charge in [-0.2, -0.15) is 10.2 Å². The minimum absolute atomic E-state index is 0.637. The molecule has 0 spiro atoms. The molecule has 108 valence electrons. The molecule has 2 heterocycles. The molecule has 0 saturated heterocycles. The van der Waals surface area contributed by atoms with E-state index in [0.29, 0.717) is 18.2 Å². The Morgan fingerprint density at radius 1 is 1.30 bits per heavy atom. The highest BCUT2D eigenvalue weighted by Gasteiger charge is 2.05. The molecule has 2 rings (SSSR count). The lowest BCUT2D eigenvalue weighted by Crippen LogP contribution is -2.34. The maximum atomic E-state index is 5.26. The molecule has 2 aromatic rings. The van der Waals surface area contributed by atoms with Crippen molar-refractivity contribution in [1.29, 1.82) is 0 Å². The highest BCUT2D eigenvalue weighted by Crippen LogP contribution is 2.05. The Hall–Kier alpha value is -1.89. The van der Waals surface area contributed by atoms with E-state index < -0.39 is 0 Å². The van der Waals surface area contributed by atoms with Gasteiger partial charge in [-0.15, -0.1) is 0 Å². The van der Waals surface area contributed by atoms with E-state index in [9.17, 15) is 0 Å². The van der Waals surface area contributed by atoms with Crippen LogP contribution in [-0.2, 0) is 26.7 Å². The first kappa shape index (κ1) is 14.5. The Morgan fingerprint density at radius 3 is 2.65 bits per heavy atom. The molecule has 20 heavy (non-hydrogen) atoms. The predicted molar refractivity (Wildman–Crippen MR) is 82.1 cm³/mol. The zero-order valence-corrected chi connectivity index (χ0v) is 12.9. The predicted octanol–water partition coefficient (Wildman–Crippen LogP) is 1.11. The summed E-state index contributed by atoms with van der Waals surface area (Å²) in [5.74, 6) is 0. The average molecular weight is 292 g/mol. The van der Waals surface area contributed by atoms with Gasteiger partial charge in [0.25, 0.3) is 0 Å². The van der Waals surface area contributed by atoms with Crippen molar-refractivity contribution in [3.63, 3.8) is 0 Å². The molecule has 0 saturated carbocycles. The van der Waals surface area contributed by atoms with Crippen LogP contribution in [-0.4, -0.2) is 24.7 Å². The Morgan fingerprint density at radius 2 is 2.05 bits per heavy atom. The summed E-state index contributed by atoms with van der Waals surface area (Å²) in [5, 5.41) is 15.5. The third kappa shape index (κ3) is 3.80. The summed E-state index contributed by atoms with van der Waals surface area (Å²) in [6.45, 7) is 6.32. The fourth-order valence-corrected chi connectivity index (χ4v) is 2.02. The highest BCUT2D eigenvalue weighted by molar-refractivity contribution is 7.80. The van der Waals surface area contributed by atoms with Gasteiger partial charge < -0.3 is 10.6 Å². The Bertz CT molecular complexity index is 585. The average Bonchev–Trinajstić information content (AvgIpc) is 3.00. The van der Waals surface area contributed by atoms with Crippen LogP contribution in [0.3, 0.4) is 0 Å². The van der Waals surface area contributed by atoms with Crippen LogP contribution >= 0.6 is 12.2 Å². The normalized spacial score (nSPS) is 10.6. The maximum absolute atomic E-state index is 5.26.